The van der Waals surface area contributed by atoms with Gasteiger partial charge >= 0.3 is 0 Å². The van der Waals surface area contributed by atoms with Gasteiger partial charge in [-0.15, -0.1) is 11.3 Å². The van der Waals surface area contributed by atoms with Gasteiger partial charge in [-0.2, -0.15) is 10.5 Å². The minimum Gasteiger partial charge on any atom is -0.454 e. The van der Waals surface area contributed by atoms with Crippen LogP contribution in [0.3, 0.4) is 0 Å². The van der Waals surface area contributed by atoms with Crippen molar-refractivity contribution in [1.29, 1.82) is 10.5 Å². The highest BCUT2D eigenvalue weighted by molar-refractivity contribution is 7.16. The largest absolute Gasteiger partial charge is 0.454 e. The van der Waals surface area contributed by atoms with Crippen LogP contribution in [0.15, 0.2) is 40.9 Å². The van der Waals surface area contributed by atoms with Crippen molar-refractivity contribution < 1.29 is 14.3 Å². The molecule has 6 rings (SSSR count). The van der Waals surface area contributed by atoms with E-state index in [4.69, 9.17) is 15.2 Å². The van der Waals surface area contributed by atoms with Crippen LogP contribution in [-0.2, 0) is 17.6 Å². The number of hydrogen-bond acceptors (Lipinski definition) is 8. The highest BCUT2D eigenvalue weighted by atomic mass is 32.1. The van der Waals surface area contributed by atoms with Gasteiger partial charge in [0.05, 0.1) is 23.1 Å². The number of anilines is 1. The van der Waals surface area contributed by atoms with Gasteiger partial charge in [-0.3, -0.25) is 9.69 Å². The van der Waals surface area contributed by atoms with Crippen molar-refractivity contribution in [3.05, 3.63) is 62.4 Å². The molecule has 8 heteroatoms. The van der Waals surface area contributed by atoms with Crippen molar-refractivity contribution >= 4 is 22.1 Å². The summed E-state index contributed by atoms with van der Waals surface area (Å²) < 4.78 is 11.0. The fraction of sp³-hybridized carbons (Fsp3) is 0.370. The number of nitrogens with zero attached hydrogens (tertiary/aromatic N) is 3. The molecule has 0 fully saturated rings. The number of benzene rings is 1. The van der Waals surface area contributed by atoms with E-state index in [-0.39, 0.29) is 12.6 Å². The highest BCUT2D eigenvalue weighted by Crippen LogP contribution is 2.50. The number of ketones is 1. The van der Waals surface area contributed by atoms with Crippen LogP contribution in [0.2, 0.25) is 0 Å². The van der Waals surface area contributed by atoms with Crippen molar-refractivity contribution in [2.24, 2.45) is 5.73 Å². The average molecular weight is 485 g/mol. The number of allylic oxidation sites excluding steroid dienone is 3. The van der Waals surface area contributed by atoms with E-state index in [1.54, 1.807) is 11.3 Å². The average Bonchev–Trinajstić information content (AvgIpc) is 3.40. The van der Waals surface area contributed by atoms with Crippen molar-refractivity contribution in [1.82, 2.24) is 0 Å². The van der Waals surface area contributed by atoms with Crippen LogP contribution in [0.4, 0.5) is 5.00 Å². The number of hydrogen-bond donors (Lipinski definition) is 1. The normalized spacial score (nSPS) is 21.3. The number of rotatable bonds is 2. The lowest BCUT2D eigenvalue weighted by atomic mass is 9.75. The molecule has 176 valence electrons. The molecule has 7 nitrogen and oxygen atoms in total. The lowest BCUT2D eigenvalue weighted by Crippen LogP contribution is -2.38. The first-order chi connectivity index (χ1) is 17.1. The first-order valence-corrected chi connectivity index (χ1v) is 12.8. The highest BCUT2D eigenvalue weighted by Gasteiger charge is 2.42. The first-order valence-electron chi connectivity index (χ1n) is 12.0. The monoisotopic (exact) mass is 484 g/mol. The van der Waals surface area contributed by atoms with Gasteiger partial charge in [0.1, 0.15) is 16.9 Å². The fourth-order valence-electron chi connectivity index (χ4n) is 5.75. The third-order valence-electron chi connectivity index (χ3n) is 7.36. The standard InChI is InChI=1S/C27H24N4O3S/c28-12-17-16-5-2-1-3-8-23(16)35-27(17)31-19-6-4-7-20(32)25(19)24(18(13-29)26(31)30)15-9-10-21-22(11-15)34-14-33-21/h9-11,24H,1-8,14,30H2. The van der Waals surface area contributed by atoms with Crippen LogP contribution in [0.1, 0.15) is 66.0 Å². The number of Topliss-reactive ketones (excluding diaryl/α,β-unsaturated/α-hetero) is 1. The molecule has 2 aliphatic carbocycles. The van der Waals surface area contributed by atoms with Gasteiger partial charge in [-0.05, 0) is 61.8 Å². The minimum atomic E-state index is -0.572. The van der Waals surface area contributed by atoms with E-state index in [1.165, 1.54) is 4.88 Å². The molecule has 0 saturated carbocycles. The number of thiophene rings is 1. The molecule has 1 aromatic carbocycles. The second kappa shape index (κ2) is 8.48. The maximum atomic E-state index is 13.4. The lowest BCUT2D eigenvalue weighted by Gasteiger charge is -2.39. The molecular formula is C27H24N4O3S. The Balaban J connectivity index is 1.56. The quantitative estimate of drug-likeness (QED) is 0.602. The molecule has 3 heterocycles. The molecule has 0 radical (unpaired) electrons. The zero-order chi connectivity index (χ0) is 24.1. The number of ether oxygens (including phenoxy) is 2. The summed E-state index contributed by atoms with van der Waals surface area (Å²) in [5, 5.41) is 21.2. The van der Waals surface area contributed by atoms with Crippen molar-refractivity contribution in [2.45, 2.75) is 57.3 Å². The Morgan fingerprint density at radius 1 is 1.00 bits per heavy atom. The van der Waals surface area contributed by atoms with Gasteiger partial charge in [0.25, 0.3) is 0 Å². The van der Waals surface area contributed by atoms with Gasteiger partial charge in [0.15, 0.2) is 17.3 Å². The maximum Gasteiger partial charge on any atom is 0.231 e. The molecule has 1 aromatic heterocycles. The van der Waals surface area contributed by atoms with E-state index in [0.717, 1.165) is 53.9 Å². The van der Waals surface area contributed by atoms with Crippen LogP contribution in [-0.4, -0.2) is 12.6 Å². The molecule has 2 aliphatic heterocycles. The van der Waals surface area contributed by atoms with Crippen molar-refractivity contribution in [3.63, 3.8) is 0 Å². The third kappa shape index (κ3) is 3.32. The van der Waals surface area contributed by atoms with E-state index >= 15 is 0 Å². The van der Waals surface area contributed by atoms with E-state index in [1.807, 2.05) is 23.1 Å². The number of fused-ring (bicyclic) bond motifs is 2. The molecule has 0 amide bonds. The summed E-state index contributed by atoms with van der Waals surface area (Å²) in [4.78, 5) is 16.5. The Bertz CT molecular complexity index is 1400. The van der Waals surface area contributed by atoms with Crippen LogP contribution >= 0.6 is 11.3 Å². The van der Waals surface area contributed by atoms with Gasteiger partial charge in [-0.1, -0.05) is 12.5 Å². The molecule has 1 unspecified atom stereocenters. The molecule has 0 saturated heterocycles. The van der Waals surface area contributed by atoms with Crippen LogP contribution in [0.25, 0.3) is 0 Å². The summed E-state index contributed by atoms with van der Waals surface area (Å²) in [6.45, 7) is 0.146. The molecule has 1 atom stereocenters. The summed E-state index contributed by atoms with van der Waals surface area (Å²) >= 11 is 1.59. The van der Waals surface area contributed by atoms with E-state index in [0.29, 0.717) is 53.3 Å². The summed E-state index contributed by atoms with van der Waals surface area (Å²) in [6, 6.07) is 10.3. The summed E-state index contributed by atoms with van der Waals surface area (Å²) in [5.41, 5.74) is 11.0. The van der Waals surface area contributed by atoms with Crippen LogP contribution in [0, 0.1) is 22.7 Å². The van der Waals surface area contributed by atoms with Crippen LogP contribution < -0.4 is 20.1 Å². The van der Waals surface area contributed by atoms with Gasteiger partial charge in [-0.25, -0.2) is 0 Å². The Kier molecular flexibility index (Phi) is 5.27. The van der Waals surface area contributed by atoms with Gasteiger partial charge < -0.3 is 15.2 Å². The number of carbonyl (C=O) groups is 1. The van der Waals surface area contributed by atoms with Crippen LogP contribution in [0.5, 0.6) is 11.5 Å². The van der Waals surface area contributed by atoms with Gasteiger partial charge in [0.2, 0.25) is 6.79 Å². The topological polar surface area (TPSA) is 112 Å². The summed E-state index contributed by atoms with van der Waals surface area (Å²) in [7, 11) is 0. The molecule has 4 aliphatic rings. The SMILES string of the molecule is N#CC1=C(N)N(c2sc3c(c2C#N)CCCCC3)C2=C(C(=O)CCC2)C1c1ccc2c(c1)OCO2. The Morgan fingerprint density at radius 2 is 1.83 bits per heavy atom. The summed E-state index contributed by atoms with van der Waals surface area (Å²) in [6.07, 6.45) is 6.95. The fourth-order valence-corrected chi connectivity index (χ4v) is 7.12. The van der Waals surface area contributed by atoms with E-state index in [9.17, 15) is 15.3 Å². The van der Waals surface area contributed by atoms with Crippen molar-refractivity contribution in [2.75, 3.05) is 11.7 Å². The molecular weight excluding hydrogens is 460 g/mol. The predicted molar refractivity (Wildman–Crippen MR) is 131 cm³/mol. The zero-order valence-electron chi connectivity index (χ0n) is 19.2. The smallest absolute Gasteiger partial charge is 0.231 e. The van der Waals surface area contributed by atoms with Crippen molar-refractivity contribution in [3.8, 4) is 23.6 Å². The summed E-state index contributed by atoms with van der Waals surface area (Å²) in [5.74, 6) is 0.994. The Labute approximate surface area is 207 Å². The molecule has 0 bridgehead atoms. The maximum absolute atomic E-state index is 13.4. The van der Waals surface area contributed by atoms with Gasteiger partial charge in [0, 0.05) is 22.6 Å². The first kappa shape index (κ1) is 21.8. The molecule has 2 aromatic rings. The second-order valence-corrected chi connectivity index (χ2v) is 10.4. The number of nitriles is 2. The second-order valence-electron chi connectivity index (χ2n) is 9.29. The number of carbonyl (C=O) groups excluding carboxylic acids is 1. The predicted octanol–water partition coefficient (Wildman–Crippen LogP) is 4.92. The van der Waals surface area contributed by atoms with E-state index < -0.39 is 5.92 Å². The third-order valence-corrected chi connectivity index (χ3v) is 8.64. The lowest BCUT2D eigenvalue weighted by molar-refractivity contribution is -0.116. The molecule has 35 heavy (non-hydrogen) atoms. The minimum absolute atomic E-state index is 0.0239. The zero-order valence-corrected chi connectivity index (χ0v) is 20.0. The number of nitrogens with two attached hydrogens (primary N) is 1. The Morgan fingerprint density at radius 3 is 2.66 bits per heavy atom. The van der Waals surface area contributed by atoms with E-state index in [2.05, 4.69) is 12.1 Å². The molecule has 0 spiro atoms. The Hall–Kier alpha value is -3.75. The number of aryl methyl sites for hydroxylation is 1. The molecule has 2 N–H and O–H groups in total.